The summed E-state index contributed by atoms with van der Waals surface area (Å²) in [5.74, 6) is 1.14. The van der Waals surface area contributed by atoms with Crippen LogP contribution in [0.25, 0.3) is 0 Å². The van der Waals surface area contributed by atoms with Crippen LogP contribution >= 0.6 is 0 Å². The highest BCUT2D eigenvalue weighted by Gasteiger charge is 2.23. The second kappa shape index (κ2) is 9.60. The zero-order valence-electron chi connectivity index (χ0n) is 17.8. The molecule has 0 saturated heterocycles. The molecular weight excluding hydrogens is 411 g/mol. The zero-order valence-corrected chi connectivity index (χ0v) is 17.8. The Labute approximate surface area is 186 Å². The van der Waals surface area contributed by atoms with Crippen molar-refractivity contribution in [2.75, 3.05) is 20.3 Å². The predicted octanol–water partition coefficient (Wildman–Crippen LogP) is 4.43. The first-order chi connectivity index (χ1) is 15.5. The molecule has 2 amide bonds. The fourth-order valence-corrected chi connectivity index (χ4v) is 3.72. The SMILES string of the molecule is COc1ccc(C(Cc2ccc(F)cc2)NC(=O)N2CCOc3cc(O)ccc3C2)cc1. The van der Waals surface area contributed by atoms with Crippen molar-refractivity contribution in [3.05, 3.63) is 89.2 Å². The number of phenolic OH excluding ortho intramolecular Hbond substituents is 1. The number of rotatable bonds is 5. The Balaban J connectivity index is 1.54. The Morgan fingerprint density at radius 1 is 1.16 bits per heavy atom. The van der Waals surface area contributed by atoms with Crippen molar-refractivity contribution in [1.29, 1.82) is 0 Å². The molecule has 32 heavy (non-hydrogen) atoms. The van der Waals surface area contributed by atoms with E-state index in [1.165, 1.54) is 12.1 Å². The molecule has 7 heteroatoms. The van der Waals surface area contributed by atoms with E-state index < -0.39 is 0 Å². The number of halogens is 1. The van der Waals surface area contributed by atoms with E-state index >= 15 is 0 Å². The summed E-state index contributed by atoms with van der Waals surface area (Å²) in [6.07, 6.45) is 0.507. The van der Waals surface area contributed by atoms with Gasteiger partial charge in [0.25, 0.3) is 0 Å². The molecule has 0 aromatic heterocycles. The fourth-order valence-electron chi connectivity index (χ4n) is 3.72. The maximum absolute atomic E-state index is 13.4. The third-order valence-corrected chi connectivity index (χ3v) is 5.49. The van der Waals surface area contributed by atoms with Crippen LogP contribution in [-0.2, 0) is 13.0 Å². The minimum atomic E-state index is -0.317. The van der Waals surface area contributed by atoms with E-state index in [2.05, 4.69) is 5.32 Å². The molecule has 1 aliphatic rings. The molecule has 6 nitrogen and oxygen atoms in total. The van der Waals surface area contributed by atoms with Gasteiger partial charge in [-0.05, 0) is 53.9 Å². The van der Waals surface area contributed by atoms with Gasteiger partial charge in [0.1, 0.15) is 29.7 Å². The molecule has 3 aromatic carbocycles. The number of methoxy groups -OCH3 is 1. The first-order valence-electron chi connectivity index (χ1n) is 10.4. The molecule has 0 aliphatic carbocycles. The monoisotopic (exact) mass is 436 g/mol. The average Bonchev–Trinajstić information content (AvgIpc) is 3.02. The summed E-state index contributed by atoms with van der Waals surface area (Å²) in [6, 6.07) is 18.2. The van der Waals surface area contributed by atoms with E-state index in [9.17, 15) is 14.3 Å². The molecule has 4 rings (SSSR count). The number of ether oxygens (including phenoxy) is 2. The summed E-state index contributed by atoms with van der Waals surface area (Å²) < 4.78 is 24.3. The average molecular weight is 436 g/mol. The van der Waals surface area contributed by atoms with Gasteiger partial charge >= 0.3 is 6.03 Å². The summed E-state index contributed by atoms with van der Waals surface area (Å²) in [5.41, 5.74) is 2.65. The van der Waals surface area contributed by atoms with Gasteiger partial charge in [0.2, 0.25) is 0 Å². The fraction of sp³-hybridized carbons (Fsp3) is 0.240. The Hall–Kier alpha value is -3.74. The molecule has 1 aliphatic heterocycles. The van der Waals surface area contributed by atoms with Crippen LogP contribution in [0.3, 0.4) is 0 Å². The van der Waals surface area contributed by atoms with Gasteiger partial charge in [0, 0.05) is 11.6 Å². The van der Waals surface area contributed by atoms with Crippen LogP contribution in [0.5, 0.6) is 17.2 Å². The van der Waals surface area contributed by atoms with Crippen LogP contribution in [0.1, 0.15) is 22.7 Å². The highest BCUT2D eigenvalue weighted by Crippen LogP contribution is 2.28. The van der Waals surface area contributed by atoms with Crippen molar-refractivity contribution in [1.82, 2.24) is 10.2 Å². The highest BCUT2D eigenvalue weighted by molar-refractivity contribution is 5.75. The Bertz CT molecular complexity index is 1070. The second-order valence-corrected chi connectivity index (χ2v) is 7.67. The van der Waals surface area contributed by atoms with E-state index in [1.807, 2.05) is 24.3 Å². The quantitative estimate of drug-likeness (QED) is 0.621. The standard InChI is InChI=1S/C25H25FN2O4/c1-31-22-10-5-18(6-11-22)23(14-17-2-7-20(26)8-3-17)27-25(30)28-12-13-32-24-15-21(29)9-4-19(24)16-28/h2-11,15,23,29H,12-14,16H2,1H3,(H,27,30). The molecule has 1 atom stereocenters. The lowest BCUT2D eigenvalue weighted by atomic mass is 9.98. The smallest absolute Gasteiger partial charge is 0.318 e. The number of carbonyl (C=O) groups is 1. The minimum Gasteiger partial charge on any atom is -0.508 e. The van der Waals surface area contributed by atoms with Crippen molar-refractivity contribution < 1.29 is 23.8 Å². The molecule has 0 saturated carbocycles. The van der Waals surface area contributed by atoms with Crippen LogP contribution in [0.4, 0.5) is 9.18 Å². The lowest BCUT2D eigenvalue weighted by Gasteiger charge is -2.26. The van der Waals surface area contributed by atoms with Crippen LogP contribution in [0, 0.1) is 5.82 Å². The molecular formula is C25H25FN2O4. The first-order valence-corrected chi connectivity index (χ1v) is 10.4. The zero-order chi connectivity index (χ0) is 22.5. The molecule has 0 fully saturated rings. The van der Waals surface area contributed by atoms with Crippen molar-refractivity contribution in [3.8, 4) is 17.2 Å². The maximum atomic E-state index is 13.4. The van der Waals surface area contributed by atoms with Gasteiger partial charge in [-0.3, -0.25) is 0 Å². The number of amides is 2. The minimum absolute atomic E-state index is 0.125. The summed E-state index contributed by atoms with van der Waals surface area (Å²) in [6.45, 7) is 1.11. The summed E-state index contributed by atoms with van der Waals surface area (Å²) in [5, 5.41) is 12.8. The maximum Gasteiger partial charge on any atom is 0.318 e. The van der Waals surface area contributed by atoms with Gasteiger partial charge in [-0.15, -0.1) is 0 Å². The van der Waals surface area contributed by atoms with E-state index in [0.717, 1.165) is 22.4 Å². The number of phenols is 1. The van der Waals surface area contributed by atoms with Crippen molar-refractivity contribution in [2.24, 2.45) is 0 Å². The van der Waals surface area contributed by atoms with Crippen molar-refractivity contribution >= 4 is 6.03 Å². The van der Waals surface area contributed by atoms with Crippen molar-refractivity contribution in [3.63, 3.8) is 0 Å². The van der Waals surface area contributed by atoms with Crippen LogP contribution < -0.4 is 14.8 Å². The van der Waals surface area contributed by atoms with E-state index in [4.69, 9.17) is 9.47 Å². The Morgan fingerprint density at radius 2 is 1.91 bits per heavy atom. The van der Waals surface area contributed by atoms with E-state index in [-0.39, 0.29) is 23.6 Å². The molecule has 0 spiro atoms. The third kappa shape index (κ3) is 5.11. The van der Waals surface area contributed by atoms with Crippen LogP contribution in [-0.4, -0.2) is 36.3 Å². The third-order valence-electron chi connectivity index (χ3n) is 5.49. The Morgan fingerprint density at radius 3 is 2.62 bits per heavy atom. The van der Waals surface area contributed by atoms with Gasteiger partial charge in [-0.1, -0.05) is 24.3 Å². The van der Waals surface area contributed by atoms with E-state index in [0.29, 0.717) is 31.9 Å². The van der Waals surface area contributed by atoms with Gasteiger partial charge < -0.3 is 24.8 Å². The van der Waals surface area contributed by atoms with Gasteiger partial charge in [-0.25, -0.2) is 9.18 Å². The largest absolute Gasteiger partial charge is 0.508 e. The summed E-state index contributed by atoms with van der Waals surface area (Å²) in [4.78, 5) is 14.9. The molecule has 0 radical (unpaired) electrons. The van der Waals surface area contributed by atoms with Crippen molar-refractivity contribution in [2.45, 2.75) is 19.0 Å². The molecule has 3 aromatic rings. The summed E-state index contributed by atoms with van der Waals surface area (Å²) >= 11 is 0. The summed E-state index contributed by atoms with van der Waals surface area (Å²) in [7, 11) is 1.60. The number of carbonyl (C=O) groups excluding carboxylic acids is 1. The number of urea groups is 1. The molecule has 2 N–H and O–H groups in total. The normalized spacial score (nSPS) is 14.0. The van der Waals surface area contributed by atoms with Gasteiger partial charge in [-0.2, -0.15) is 0 Å². The number of nitrogens with zero attached hydrogens (tertiary/aromatic N) is 1. The van der Waals surface area contributed by atoms with Gasteiger partial charge in [0.05, 0.1) is 26.2 Å². The van der Waals surface area contributed by atoms with Gasteiger partial charge in [0.15, 0.2) is 0 Å². The lowest BCUT2D eigenvalue weighted by molar-refractivity contribution is 0.183. The van der Waals surface area contributed by atoms with E-state index in [1.54, 1.807) is 42.3 Å². The predicted molar refractivity (Wildman–Crippen MR) is 118 cm³/mol. The molecule has 1 heterocycles. The van der Waals surface area contributed by atoms with Crippen LogP contribution in [0.2, 0.25) is 0 Å². The lowest BCUT2D eigenvalue weighted by Crippen LogP contribution is -2.42. The number of aromatic hydroxyl groups is 1. The molecule has 1 unspecified atom stereocenters. The number of hydrogen-bond donors (Lipinski definition) is 2. The Kier molecular flexibility index (Phi) is 6.44. The number of nitrogens with one attached hydrogen (secondary N) is 1. The number of fused-ring (bicyclic) bond motifs is 1. The number of benzene rings is 3. The molecule has 166 valence electrons. The highest BCUT2D eigenvalue weighted by atomic mass is 19.1. The number of hydrogen-bond acceptors (Lipinski definition) is 4. The topological polar surface area (TPSA) is 71.0 Å². The molecule has 0 bridgehead atoms. The first kappa shape index (κ1) is 21.5. The second-order valence-electron chi connectivity index (χ2n) is 7.67. The van der Waals surface area contributed by atoms with Crippen LogP contribution in [0.15, 0.2) is 66.7 Å².